The molecule has 0 bridgehead atoms. The van der Waals surface area contributed by atoms with E-state index in [1.54, 1.807) is 12.3 Å². The zero-order chi connectivity index (χ0) is 16.4. The first-order valence-electron chi connectivity index (χ1n) is 8.17. The van der Waals surface area contributed by atoms with Crippen molar-refractivity contribution in [3.63, 3.8) is 0 Å². The average molecular weight is 317 g/mol. The molecular formula is C18H24FN3O. The Kier molecular flexibility index (Phi) is 4.78. The summed E-state index contributed by atoms with van der Waals surface area (Å²) in [5, 5.41) is 10.6. The van der Waals surface area contributed by atoms with E-state index in [9.17, 15) is 9.50 Å². The summed E-state index contributed by atoms with van der Waals surface area (Å²) in [5.74, 6) is 0.730. The van der Waals surface area contributed by atoms with Crippen LogP contribution in [0.4, 0.5) is 4.39 Å². The molecular weight excluding hydrogens is 293 g/mol. The largest absolute Gasteiger partial charge is 0.385 e. The molecule has 0 spiro atoms. The van der Waals surface area contributed by atoms with E-state index in [2.05, 4.69) is 9.88 Å². The Bertz CT molecular complexity index is 670. The summed E-state index contributed by atoms with van der Waals surface area (Å²) in [6.07, 6.45) is 5.12. The minimum absolute atomic E-state index is 0.186. The molecule has 1 aliphatic heterocycles. The van der Waals surface area contributed by atoms with Crippen LogP contribution in [0.5, 0.6) is 0 Å². The molecule has 1 fully saturated rings. The van der Waals surface area contributed by atoms with Crippen LogP contribution in [0, 0.1) is 18.7 Å². The van der Waals surface area contributed by atoms with Crippen molar-refractivity contribution in [2.24, 2.45) is 13.0 Å². The Morgan fingerprint density at radius 2 is 2.26 bits per heavy atom. The molecule has 0 amide bonds. The number of rotatable bonds is 4. The van der Waals surface area contributed by atoms with Gasteiger partial charge in [-0.15, -0.1) is 0 Å². The van der Waals surface area contributed by atoms with E-state index in [4.69, 9.17) is 0 Å². The number of piperidine rings is 1. The summed E-state index contributed by atoms with van der Waals surface area (Å²) < 4.78 is 15.1. The molecule has 2 atom stereocenters. The van der Waals surface area contributed by atoms with Gasteiger partial charge in [0.1, 0.15) is 17.7 Å². The van der Waals surface area contributed by atoms with E-state index < -0.39 is 6.10 Å². The first-order valence-corrected chi connectivity index (χ1v) is 8.17. The highest BCUT2D eigenvalue weighted by atomic mass is 19.1. The molecule has 23 heavy (non-hydrogen) atoms. The van der Waals surface area contributed by atoms with Crippen LogP contribution in [-0.2, 0) is 13.6 Å². The third-order valence-electron chi connectivity index (χ3n) is 4.81. The first-order chi connectivity index (χ1) is 11.0. The zero-order valence-electron chi connectivity index (χ0n) is 13.7. The number of likely N-dealkylation sites (tertiary alicyclic amines) is 1. The van der Waals surface area contributed by atoms with Crippen LogP contribution in [0.1, 0.15) is 35.9 Å². The maximum atomic E-state index is 13.2. The monoisotopic (exact) mass is 317 g/mol. The van der Waals surface area contributed by atoms with E-state index in [-0.39, 0.29) is 11.7 Å². The molecule has 0 saturated carbocycles. The van der Waals surface area contributed by atoms with Crippen molar-refractivity contribution in [3.8, 4) is 0 Å². The van der Waals surface area contributed by atoms with Crippen molar-refractivity contribution in [2.75, 3.05) is 13.1 Å². The van der Waals surface area contributed by atoms with Gasteiger partial charge in [0.25, 0.3) is 0 Å². The van der Waals surface area contributed by atoms with Crippen LogP contribution in [0.15, 0.2) is 30.6 Å². The summed E-state index contributed by atoms with van der Waals surface area (Å²) in [7, 11) is 1.91. The van der Waals surface area contributed by atoms with E-state index in [1.165, 1.54) is 6.07 Å². The molecule has 3 rings (SSSR count). The van der Waals surface area contributed by atoms with Gasteiger partial charge in [-0.1, -0.05) is 6.07 Å². The number of aryl methyl sites for hydroxylation is 2. The van der Waals surface area contributed by atoms with Crippen molar-refractivity contribution in [2.45, 2.75) is 32.4 Å². The van der Waals surface area contributed by atoms with Crippen molar-refractivity contribution in [1.82, 2.24) is 14.5 Å². The topological polar surface area (TPSA) is 41.3 Å². The van der Waals surface area contributed by atoms with Gasteiger partial charge in [-0.05, 0) is 49.6 Å². The highest BCUT2D eigenvalue weighted by Crippen LogP contribution is 2.29. The predicted octanol–water partition coefficient (Wildman–Crippen LogP) is 2.81. The van der Waals surface area contributed by atoms with Gasteiger partial charge in [0.05, 0.1) is 0 Å². The minimum Gasteiger partial charge on any atom is -0.385 e. The zero-order valence-corrected chi connectivity index (χ0v) is 13.7. The van der Waals surface area contributed by atoms with Crippen LogP contribution in [0.3, 0.4) is 0 Å². The second kappa shape index (κ2) is 6.81. The Hall–Kier alpha value is -1.72. The van der Waals surface area contributed by atoms with Crippen LogP contribution in [0.25, 0.3) is 0 Å². The summed E-state index contributed by atoms with van der Waals surface area (Å²) in [6.45, 7) is 4.60. The highest BCUT2D eigenvalue weighted by molar-refractivity contribution is 5.26. The van der Waals surface area contributed by atoms with Crippen molar-refractivity contribution < 1.29 is 9.50 Å². The number of hydrogen-bond donors (Lipinski definition) is 1. The van der Waals surface area contributed by atoms with E-state index in [0.29, 0.717) is 0 Å². The maximum Gasteiger partial charge on any atom is 0.137 e. The van der Waals surface area contributed by atoms with Gasteiger partial charge in [-0.2, -0.15) is 0 Å². The first kappa shape index (κ1) is 16.1. The number of halogens is 1. The molecule has 1 aromatic heterocycles. The third kappa shape index (κ3) is 3.62. The van der Waals surface area contributed by atoms with Gasteiger partial charge in [0.2, 0.25) is 0 Å². The van der Waals surface area contributed by atoms with E-state index in [1.807, 2.05) is 30.8 Å². The molecule has 1 N–H and O–H groups in total. The average Bonchev–Trinajstić information content (AvgIpc) is 2.96. The van der Waals surface area contributed by atoms with Crippen LogP contribution in [-0.4, -0.2) is 32.6 Å². The molecule has 1 aromatic carbocycles. The number of aliphatic hydroxyl groups is 1. The molecule has 1 saturated heterocycles. The Morgan fingerprint density at radius 3 is 2.96 bits per heavy atom. The van der Waals surface area contributed by atoms with Crippen molar-refractivity contribution >= 4 is 0 Å². The maximum absolute atomic E-state index is 13.2. The summed E-state index contributed by atoms with van der Waals surface area (Å²) in [4.78, 5) is 6.62. The third-order valence-corrected chi connectivity index (χ3v) is 4.81. The number of aromatic nitrogens is 2. The second-order valence-electron chi connectivity index (χ2n) is 6.55. The number of imidazole rings is 1. The van der Waals surface area contributed by atoms with Crippen LogP contribution in [0.2, 0.25) is 0 Å². The fourth-order valence-electron chi connectivity index (χ4n) is 3.44. The highest BCUT2D eigenvalue weighted by Gasteiger charge is 2.29. The van der Waals surface area contributed by atoms with E-state index >= 15 is 0 Å². The molecule has 0 radical (unpaired) electrons. The number of hydrogen-bond acceptors (Lipinski definition) is 3. The lowest BCUT2D eigenvalue weighted by Crippen LogP contribution is -2.38. The molecule has 1 aliphatic rings. The predicted molar refractivity (Wildman–Crippen MR) is 87.3 cm³/mol. The summed E-state index contributed by atoms with van der Waals surface area (Å²) in [6, 6.07) is 4.97. The molecule has 2 aromatic rings. The van der Waals surface area contributed by atoms with Crippen LogP contribution < -0.4 is 0 Å². The fraction of sp³-hybridized carbons (Fsp3) is 0.500. The van der Waals surface area contributed by atoms with Crippen LogP contribution >= 0.6 is 0 Å². The number of benzene rings is 1. The van der Waals surface area contributed by atoms with Gasteiger partial charge in [-0.25, -0.2) is 9.37 Å². The quantitative estimate of drug-likeness (QED) is 0.943. The van der Waals surface area contributed by atoms with E-state index in [0.717, 1.165) is 49.4 Å². The second-order valence-corrected chi connectivity index (χ2v) is 6.55. The van der Waals surface area contributed by atoms with Gasteiger partial charge in [-0.3, -0.25) is 4.90 Å². The summed E-state index contributed by atoms with van der Waals surface area (Å²) in [5.41, 5.74) is 2.13. The van der Waals surface area contributed by atoms with Gasteiger partial charge in [0, 0.05) is 38.4 Å². The molecule has 2 unspecified atom stereocenters. The number of nitrogens with zero attached hydrogens (tertiary/aromatic N) is 3. The molecule has 2 heterocycles. The van der Waals surface area contributed by atoms with Gasteiger partial charge in [0.15, 0.2) is 0 Å². The number of aliphatic hydroxyl groups excluding tert-OH is 1. The Morgan fingerprint density at radius 1 is 1.43 bits per heavy atom. The Balaban J connectivity index is 1.67. The molecule has 0 aliphatic carbocycles. The summed E-state index contributed by atoms with van der Waals surface area (Å²) >= 11 is 0. The normalized spacial score (nSPS) is 20.6. The molecule has 4 nitrogen and oxygen atoms in total. The molecule has 124 valence electrons. The van der Waals surface area contributed by atoms with Crippen molar-refractivity contribution in [3.05, 3.63) is 53.4 Å². The fourth-order valence-corrected chi connectivity index (χ4v) is 3.44. The smallest absolute Gasteiger partial charge is 0.137 e. The minimum atomic E-state index is -0.535. The Labute approximate surface area is 136 Å². The van der Waals surface area contributed by atoms with Gasteiger partial charge >= 0.3 is 0 Å². The molecule has 5 heteroatoms. The lowest BCUT2D eigenvalue weighted by molar-refractivity contribution is 0.0404. The lowest BCUT2D eigenvalue weighted by Gasteiger charge is -2.35. The lowest BCUT2D eigenvalue weighted by atomic mass is 9.91. The van der Waals surface area contributed by atoms with Gasteiger partial charge < -0.3 is 9.67 Å². The SMILES string of the molecule is Cc1cc(F)ccc1CN1CCCC(C(O)c2nccn2C)C1. The standard InChI is InChI=1S/C18H24FN3O/c1-13-10-16(19)6-5-14(13)11-22-8-3-4-15(12-22)17(23)18-20-7-9-21(18)2/h5-7,9-10,15,17,23H,3-4,8,11-12H2,1-2H3. The van der Waals surface area contributed by atoms with Crippen molar-refractivity contribution in [1.29, 1.82) is 0 Å².